The maximum atomic E-state index is 6.10. The van der Waals surface area contributed by atoms with E-state index in [9.17, 15) is 0 Å². The topological polar surface area (TPSA) is 56.7 Å². The normalized spacial score (nSPS) is 11.8. The number of hydrogen-bond acceptors (Lipinski definition) is 4. The lowest BCUT2D eigenvalue weighted by molar-refractivity contribution is 0.398. The molecule has 0 atom stereocenters. The van der Waals surface area contributed by atoms with Crippen LogP contribution in [0.4, 0.5) is 0 Å². The number of halogens is 2. The van der Waals surface area contributed by atoms with Crippen molar-refractivity contribution in [2.75, 3.05) is 0 Å². The zero-order valence-corrected chi connectivity index (χ0v) is 18.9. The van der Waals surface area contributed by atoms with E-state index in [1.54, 1.807) is 0 Å². The lowest BCUT2D eigenvalue weighted by Gasteiger charge is -2.10. The van der Waals surface area contributed by atoms with Crippen LogP contribution in [0.3, 0.4) is 0 Å². The monoisotopic (exact) mass is 470 g/mol. The van der Waals surface area contributed by atoms with E-state index >= 15 is 0 Å². The van der Waals surface area contributed by atoms with Crippen LogP contribution in [0, 0.1) is 6.92 Å². The predicted molar refractivity (Wildman–Crippen MR) is 118 cm³/mol. The van der Waals surface area contributed by atoms with Gasteiger partial charge < -0.3 is 4.42 Å². The maximum Gasteiger partial charge on any atom is 0.268 e. The Hall–Kier alpha value is -2.44. The van der Waals surface area contributed by atoms with Gasteiger partial charge in [0, 0.05) is 26.0 Å². The van der Waals surface area contributed by atoms with Crippen molar-refractivity contribution in [2.24, 2.45) is 0 Å². The summed E-state index contributed by atoms with van der Waals surface area (Å²) in [5.74, 6) is 0.990. The average Bonchev–Trinajstić information content (AvgIpc) is 3.28. The fourth-order valence-corrected chi connectivity index (χ4v) is 3.64. The highest BCUT2D eigenvalue weighted by molar-refractivity contribution is 9.10. The van der Waals surface area contributed by atoms with Gasteiger partial charge in [-0.3, -0.25) is 0 Å². The number of rotatable bonds is 3. The second kappa shape index (κ2) is 7.43. The van der Waals surface area contributed by atoms with Crippen molar-refractivity contribution in [3.63, 3.8) is 0 Å². The molecule has 0 aliphatic heterocycles. The van der Waals surface area contributed by atoms with Crippen molar-refractivity contribution in [2.45, 2.75) is 33.1 Å². The zero-order valence-electron chi connectivity index (χ0n) is 16.6. The van der Waals surface area contributed by atoms with E-state index in [-0.39, 0.29) is 5.41 Å². The molecule has 0 N–H and O–H groups in total. The summed E-state index contributed by atoms with van der Waals surface area (Å²) in [7, 11) is 0. The molecule has 4 aromatic rings. The highest BCUT2D eigenvalue weighted by Gasteiger charge is 2.26. The molecule has 2 aromatic heterocycles. The summed E-state index contributed by atoms with van der Waals surface area (Å²) in [4.78, 5) is 0. The van der Waals surface area contributed by atoms with Crippen LogP contribution in [0.2, 0.25) is 5.02 Å². The molecule has 2 aromatic carbocycles. The Morgan fingerprint density at radius 1 is 1.00 bits per heavy atom. The van der Waals surface area contributed by atoms with Gasteiger partial charge in [-0.1, -0.05) is 56.6 Å². The summed E-state index contributed by atoms with van der Waals surface area (Å²) in [6.45, 7) is 8.13. The van der Waals surface area contributed by atoms with E-state index in [0.29, 0.717) is 22.5 Å². The summed E-state index contributed by atoms with van der Waals surface area (Å²) < 4.78 is 8.81. The third kappa shape index (κ3) is 3.74. The van der Waals surface area contributed by atoms with Crippen LogP contribution in [0.15, 0.2) is 57.4 Å². The van der Waals surface area contributed by atoms with Crippen LogP contribution in [-0.4, -0.2) is 20.0 Å². The highest BCUT2D eigenvalue weighted by atomic mass is 79.9. The minimum Gasteiger partial charge on any atom is -0.419 e. The van der Waals surface area contributed by atoms with Gasteiger partial charge in [0.15, 0.2) is 5.69 Å². The van der Waals surface area contributed by atoms with Gasteiger partial charge in [0.2, 0.25) is 5.89 Å². The summed E-state index contributed by atoms with van der Waals surface area (Å²) in [6, 6.07) is 15.7. The van der Waals surface area contributed by atoms with Crippen molar-refractivity contribution in [3.05, 3.63) is 69.5 Å². The van der Waals surface area contributed by atoms with Gasteiger partial charge in [0.1, 0.15) is 0 Å². The smallest absolute Gasteiger partial charge is 0.268 e. The Kier molecular flexibility index (Phi) is 5.09. The molecule has 0 saturated heterocycles. The second-order valence-corrected chi connectivity index (χ2v) is 9.15. The van der Waals surface area contributed by atoms with Crippen LogP contribution < -0.4 is 0 Å². The SMILES string of the molecule is Cc1c(-c2nnc(C(C)(C)C)o2)nn(-c2ccccc2Br)c1-c1ccc(Cl)cc1. The van der Waals surface area contributed by atoms with Crippen molar-refractivity contribution in [3.8, 4) is 28.5 Å². The molecule has 7 heteroatoms. The molecule has 0 bridgehead atoms. The summed E-state index contributed by atoms with van der Waals surface area (Å²) in [5.41, 5.74) is 4.24. The Bertz CT molecular complexity index is 1170. The minimum absolute atomic E-state index is 0.233. The van der Waals surface area contributed by atoms with E-state index in [2.05, 4.69) is 26.1 Å². The first kappa shape index (κ1) is 19.9. The van der Waals surface area contributed by atoms with E-state index in [0.717, 1.165) is 27.0 Å². The molecule has 0 spiro atoms. The molecule has 0 radical (unpaired) electrons. The minimum atomic E-state index is -0.233. The Morgan fingerprint density at radius 2 is 1.69 bits per heavy atom. The lowest BCUT2D eigenvalue weighted by atomic mass is 9.97. The van der Waals surface area contributed by atoms with Gasteiger partial charge in [-0.05, 0) is 47.1 Å². The van der Waals surface area contributed by atoms with Gasteiger partial charge in [0.25, 0.3) is 5.89 Å². The van der Waals surface area contributed by atoms with Crippen LogP contribution in [0.25, 0.3) is 28.5 Å². The molecule has 4 rings (SSSR count). The number of hydrogen-bond donors (Lipinski definition) is 0. The van der Waals surface area contributed by atoms with Gasteiger partial charge in [-0.15, -0.1) is 10.2 Å². The van der Waals surface area contributed by atoms with Gasteiger partial charge in [-0.25, -0.2) is 4.68 Å². The molecule has 29 heavy (non-hydrogen) atoms. The van der Waals surface area contributed by atoms with Crippen LogP contribution >= 0.6 is 27.5 Å². The third-order valence-corrected chi connectivity index (χ3v) is 5.51. The first-order valence-electron chi connectivity index (χ1n) is 9.20. The molecule has 0 aliphatic carbocycles. The molecule has 0 fully saturated rings. The number of aromatic nitrogens is 4. The summed E-state index contributed by atoms with van der Waals surface area (Å²) in [6.07, 6.45) is 0. The number of para-hydroxylation sites is 1. The number of benzene rings is 2. The van der Waals surface area contributed by atoms with Crippen molar-refractivity contribution < 1.29 is 4.42 Å². The van der Waals surface area contributed by atoms with Gasteiger partial charge in [-0.2, -0.15) is 5.10 Å². The third-order valence-electron chi connectivity index (χ3n) is 4.59. The molecular weight excluding hydrogens is 452 g/mol. The molecule has 0 amide bonds. The molecule has 0 aliphatic rings. The highest BCUT2D eigenvalue weighted by Crippen LogP contribution is 2.36. The molecular formula is C22H20BrClN4O. The second-order valence-electron chi connectivity index (χ2n) is 7.85. The van der Waals surface area contributed by atoms with Crippen molar-refractivity contribution in [1.29, 1.82) is 0 Å². The summed E-state index contributed by atoms with van der Waals surface area (Å²) in [5, 5.41) is 14.0. The molecule has 0 saturated carbocycles. The first-order chi connectivity index (χ1) is 13.8. The quantitative estimate of drug-likeness (QED) is 0.337. The standard InChI is InChI=1S/C22H20BrClN4O/c1-13-18(20-25-26-21(29-20)22(2,3)4)27-28(17-8-6-5-7-16(17)23)19(13)14-9-11-15(24)12-10-14/h5-12H,1-4H3. The van der Waals surface area contributed by atoms with E-state index < -0.39 is 0 Å². The van der Waals surface area contributed by atoms with E-state index in [1.807, 2.05) is 80.9 Å². The fourth-order valence-electron chi connectivity index (χ4n) is 3.07. The molecule has 2 heterocycles. The Balaban J connectivity index is 1.95. The molecule has 148 valence electrons. The largest absolute Gasteiger partial charge is 0.419 e. The average molecular weight is 472 g/mol. The van der Waals surface area contributed by atoms with E-state index in [4.69, 9.17) is 21.1 Å². The fraction of sp³-hybridized carbons (Fsp3) is 0.227. The Morgan fingerprint density at radius 3 is 2.31 bits per heavy atom. The first-order valence-corrected chi connectivity index (χ1v) is 10.4. The van der Waals surface area contributed by atoms with Crippen molar-refractivity contribution in [1.82, 2.24) is 20.0 Å². The zero-order chi connectivity index (χ0) is 20.8. The van der Waals surface area contributed by atoms with E-state index in [1.165, 1.54) is 0 Å². The Labute approximate surface area is 182 Å². The lowest BCUT2D eigenvalue weighted by Crippen LogP contribution is -2.11. The molecule has 0 unspecified atom stereocenters. The maximum absolute atomic E-state index is 6.10. The van der Waals surface area contributed by atoms with Gasteiger partial charge >= 0.3 is 0 Å². The van der Waals surface area contributed by atoms with Crippen LogP contribution in [0.1, 0.15) is 32.2 Å². The van der Waals surface area contributed by atoms with Crippen LogP contribution in [0.5, 0.6) is 0 Å². The molecule has 5 nitrogen and oxygen atoms in total. The predicted octanol–water partition coefficient (Wildman–Crippen LogP) is 6.61. The number of nitrogens with zero attached hydrogens (tertiary/aromatic N) is 4. The summed E-state index contributed by atoms with van der Waals surface area (Å²) >= 11 is 9.74. The van der Waals surface area contributed by atoms with Crippen molar-refractivity contribution >= 4 is 27.5 Å². The van der Waals surface area contributed by atoms with Gasteiger partial charge in [0.05, 0.1) is 11.4 Å². The van der Waals surface area contributed by atoms with Crippen LogP contribution in [-0.2, 0) is 5.41 Å².